The van der Waals surface area contributed by atoms with Crippen molar-refractivity contribution >= 4 is 16.9 Å². The molecular weight excluding hydrogens is 374 g/mol. The molecule has 1 amide bonds. The third kappa shape index (κ3) is 2.97. The molecule has 3 aromatic rings. The molecule has 4 heteroatoms. The van der Waals surface area contributed by atoms with Crippen molar-refractivity contribution in [2.45, 2.75) is 38.1 Å². The van der Waals surface area contributed by atoms with Crippen LogP contribution in [0, 0.1) is 23.7 Å². The smallest absolute Gasteiger partial charge is 0.344 e. The van der Waals surface area contributed by atoms with Gasteiger partial charge in [-0.2, -0.15) is 0 Å². The molecule has 1 N–H and O–H groups in total. The highest BCUT2D eigenvalue weighted by Gasteiger charge is 2.48. The van der Waals surface area contributed by atoms with Crippen LogP contribution in [-0.4, -0.2) is 11.9 Å². The molecule has 4 aliphatic rings. The number of amides is 1. The Kier molecular flexibility index (Phi) is 4.08. The molecule has 0 aliphatic heterocycles. The Morgan fingerprint density at radius 3 is 2.37 bits per heavy atom. The molecule has 152 valence electrons. The molecule has 1 heterocycles. The lowest BCUT2D eigenvalue weighted by molar-refractivity contribution is -0.0119. The quantitative estimate of drug-likeness (QED) is 0.630. The number of hydrogen-bond donors (Lipinski definition) is 1. The SMILES string of the molecule is O=C(NC1C2CC3CC(C2)CC1C3)c1cccc(-c2cc3ccccc3oc2=O)c1. The predicted molar refractivity (Wildman–Crippen MR) is 116 cm³/mol. The van der Waals surface area contributed by atoms with E-state index in [4.69, 9.17) is 4.42 Å². The summed E-state index contributed by atoms with van der Waals surface area (Å²) in [6.45, 7) is 0. The van der Waals surface area contributed by atoms with Crippen molar-refractivity contribution in [1.29, 1.82) is 0 Å². The van der Waals surface area contributed by atoms with E-state index >= 15 is 0 Å². The first-order valence-corrected chi connectivity index (χ1v) is 11.1. The van der Waals surface area contributed by atoms with E-state index in [9.17, 15) is 9.59 Å². The second-order valence-electron chi connectivity index (χ2n) is 9.50. The maximum Gasteiger partial charge on any atom is 0.344 e. The number of nitrogens with one attached hydrogen (secondary N) is 1. The van der Waals surface area contributed by atoms with Gasteiger partial charge < -0.3 is 9.73 Å². The number of benzene rings is 2. The first-order chi connectivity index (χ1) is 14.6. The normalized spacial score (nSPS) is 29.3. The highest BCUT2D eigenvalue weighted by atomic mass is 16.4. The van der Waals surface area contributed by atoms with E-state index in [1.807, 2.05) is 48.5 Å². The maximum absolute atomic E-state index is 13.1. The van der Waals surface area contributed by atoms with E-state index in [2.05, 4.69) is 5.32 Å². The molecule has 0 radical (unpaired) electrons. The van der Waals surface area contributed by atoms with E-state index in [0.717, 1.165) is 17.2 Å². The summed E-state index contributed by atoms with van der Waals surface area (Å²) >= 11 is 0. The van der Waals surface area contributed by atoms with E-state index in [-0.39, 0.29) is 11.5 Å². The summed E-state index contributed by atoms with van der Waals surface area (Å²) in [4.78, 5) is 25.6. The number of rotatable bonds is 3. The van der Waals surface area contributed by atoms with Crippen LogP contribution < -0.4 is 10.9 Å². The summed E-state index contributed by atoms with van der Waals surface area (Å²) in [5.74, 6) is 3.02. The van der Waals surface area contributed by atoms with E-state index in [0.29, 0.717) is 40.2 Å². The second kappa shape index (κ2) is 6.83. The van der Waals surface area contributed by atoms with Crippen molar-refractivity contribution in [1.82, 2.24) is 5.32 Å². The van der Waals surface area contributed by atoms with Gasteiger partial charge in [0.05, 0.1) is 5.56 Å². The molecule has 4 nitrogen and oxygen atoms in total. The van der Waals surface area contributed by atoms with Gasteiger partial charge in [0.25, 0.3) is 5.91 Å². The maximum atomic E-state index is 13.1. The Morgan fingerprint density at radius 2 is 1.60 bits per heavy atom. The zero-order valence-corrected chi connectivity index (χ0v) is 16.8. The number of carbonyl (C=O) groups excluding carboxylic acids is 1. The molecule has 1 aromatic heterocycles. The summed E-state index contributed by atoms with van der Waals surface area (Å²) < 4.78 is 5.48. The summed E-state index contributed by atoms with van der Waals surface area (Å²) in [5, 5.41) is 4.23. The van der Waals surface area contributed by atoms with Crippen molar-refractivity contribution in [2.24, 2.45) is 23.7 Å². The molecule has 4 aliphatic carbocycles. The molecule has 0 unspecified atom stereocenters. The average molecular weight is 399 g/mol. The van der Waals surface area contributed by atoms with Gasteiger partial charge in [0.15, 0.2) is 0 Å². The second-order valence-corrected chi connectivity index (χ2v) is 9.50. The van der Waals surface area contributed by atoms with Gasteiger partial charge in [0.1, 0.15) is 5.58 Å². The fraction of sp³-hybridized carbons (Fsp3) is 0.385. The van der Waals surface area contributed by atoms with Crippen LogP contribution in [0.2, 0.25) is 0 Å². The minimum Gasteiger partial charge on any atom is -0.422 e. The topological polar surface area (TPSA) is 59.3 Å². The van der Waals surface area contributed by atoms with Crippen LogP contribution in [0.3, 0.4) is 0 Å². The van der Waals surface area contributed by atoms with Crippen molar-refractivity contribution in [2.75, 3.05) is 0 Å². The standard InChI is InChI=1S/C26H25NO3/c28-25(27-24-20-9-15-8-16(11-20)12-21(24)10-15)19-6-3-5-17(13-19)22-14-18-4-1-2-7-23(18)30-26(22)29/h1-7,13-16,20-21,24H,8-12H2,(H,27,28). The van der Waals surface area contributed by atoms with E-state index in [1.165, 1.54) is 32.1 Å². The van der Waals surface area contributed by atoms with Gasteiger partial charge in [-0.15, -0.1) is 0 Å². The van der Waals surface area contributed by atoms with Crippen LogP contribution in [0.5, 0.6) is 0 Å². The Balaban J connectivity index is 1.28. The van der Waals surface area contributed by atoms with Crippen LogP contribution in [-0.2, 0) is 0 Å². The summed E-state index contributed by atoms with van der Waals surface area (Å²) in [5.41, 5.74) is 1.99. The zero-order valence-electron chi connectivity index (χ0n) is 16.8. The van der Waals surface area contributed by atoms with Gasteiger partial charge in [-0.1, -0.05) is 30.3 Å². The molecule has 30 heavy (non-hydrogen) atoms. The third-order valence-corrected chi connectivity index (χ3v) is 7.60. The van der Waals surface area contributed by atoms with Gasteiger partial charge in [-0.05, 0) is 85.6 Å². The highest BCUT2D eigenvalue weighted by molar-refractivity contribution is 5.96. The fourth-order valence-corrected chi connectivity index (χ4v) is 6.49. The molecule has 0 spiro atoms. The Hall–Kier alpha value is -2.88. The first kappa shape index (κ1) is 17.9. The number of fused-ring (bicyclic) bond motifs is 1. The van der Waals surface area contributed by atoms with Gasteiger partial charge in [0.2, 0.25) is 0 Å². The highest BCUT2D eigenvalue weighted by Crippen LogP contribution is 2.53. The Morgan fingerprint density at radius 1 is 0.867 bits per heavy atom. The van der Waals surface area contributed by atoms with E-state index in [1.54, 1.807) is 6.07 Å². The molecule has 7 rings (SSSR count). The zero-order chi connectivity index (χ0) is 20.2. The summed E-state index contributed by atoms with van der Waals surface area (Å²) in [6, 6.07) is 17.0. The minimum atomic E-state index is -0.382. The Bertz CT molecular complexity index is 1170. The third-order valence-electron chi connectivity index (χ3n) is 7.60. The molecule has 0 saturated heterocycles. The molecule has 0 atom stereocenters. The van der Waals surface area contributed by atoms with Gasteiger partial charge in [0, 0.05) is 17.0 Å². The molecule has 2 aromatic carbocycles. The minimum absolute atomic E-state index is 0.0282. The van der Waals surface area contributed by atoms with Gasteiger partial charge >= 0.3 is 5.63 Å². The molecule has 4 saturated carbocycles. The number of para-hydroxylation sites is 1. The van der Waals surface area contributed by atoms with Crippen molar-refractivity contribution in [3.63, 3.8) is 0 Å². The van der Waals surface area contributed by atoms with Crippen molar-refractivity contribution in [3.05, 3.63) is 70.6 Å². The van der Waals surface area contributed by atoms with Crippen LogP contribution in [0.4, 0.5) is 0 Å². The summed E-state index contributed by atoms with van der Waals surface area (Å²) in [7, 11) is 0. The largest absolute Gasteiger partial charge is 0.422 e. The lowest BCUT2D eigenvalue weighted by atomic mass is 9.54. The molecule has 4 fully saturated rings. The van der Waals surface area contributed by atoms with E-state index < -0.39 is 0 Å². The number of hydrogen-bond acceptors (Lipinski definition) is 3. The van der Waals surface area contributed by atoms with Crippen LogP contribution in [0.25, 0.3) is 22.1 Å². The summed E-state index contributed by atoms with van der Waals surface area (Å²) in [6.07, 6.45) is 6.50. The van der Waals surface area contributed by atoms with Crippen molar-refractivity contribution < 1.29 is 9.21 Å². The molecular formula is C26H25NO3. The predicted octanol–water partition coefficient (Wildman–Crippen LogP) is 5.01. The van der Waals surface area contributed by atoms with Gasteiger partial charge in [-0.25, -0.2) is 4.79 Å². The Labute approximate surface area is 175 Å². The average Bonchev–Trinajstić information content (AvgIpc) is 2.75. The van der Waals surface area contributed by atoms with Gasteiger partial charge in [-0.3, -0.25) is 4.79 Å². The van der Waals surface area contributed by atoms with Crippen molar-refractivity contribution in [3.8, 4) is 11.1 Å². The number of carbonyl (C=O) groups is 1. The lowest BCUT2D eigenvalue weighted by Gasteiger charge is -2.54. The van der Waals surface area contributed by atoms with Crippen LogP contribution >= 0.6 is 0 Å². The first-order valence-electron chi connectivity index (χ1n) is 11.1. The van der Waals surface area contributed by atoms with Crippen LogP contribution in [0.15, 0.2) is 63.8 Å². The van der Waals surface area contributed by atoms with Crippen LogP contribution in [0.1, 0.15) is 42.5 Å². The fourth-order valence-electron chi connectivity index (χ4n) is 6.49. The monoisotopic (exact) mass is 399 g/mol. The molecule has 4 bridgehead atoms. The lowest BCUT2D eigenvalue weighted by Crippen LogP contribution is -2.55.